The van der Waals surface area contributed by atoms with Crippen molar-refractivity contribution in [3.63, 3.8) is 0 Å². The topological polar surface area (TPSA) is 178 Å². The van der Waals surface area contributed by atoms with Gasteiger partial charge in [0.2, 0.25) is 12.3 Å². The monoisotopic (exact) mass is 1140 g/mol. The molecule has 4 aliphatic rings. The van der Waals surface area contributed by atoms with E-state index in [0.717, 1.165) is 94.9 Å². The van der Waals surface area contributed by atoms with Crippen LogP contribution in [0.3, 0.4) is 0 Å². The number of aliphatic imine (C=N–C) groups is 3. The van der Waals surface area contributed by atoms with E-state index in [9.17, 15) is 9.59 Å². The lowest BCUT2D eigenvalue weighted by molar-refractivity contribution is -0.120. The molecule has 6 heterocycles. The van der Waals surface area contributed by atoms with Crippen LogP contribution < -0.4 is 36.0 Å². The molecule has 4 aliphatic heterocycles. The maximum Gasteiger partial charge on any atom is 0.274 e. The Bertz CT molecular complexity index is 3730. The molecule has 80 heavy (non-hydrogen) atoms. The second-order valence-electron chi connectivity index (χ2n) is 18.7. The van der Waals surface area contributed by atoms with Gasteiger partial charge < -0.3 is 45.4 Å². The zero-order chi connectivity index (χ0) is 55.7. The quantitative estimate of drug-likeness (QED) is 0.0781. The number of benzodiazepines with no additional fused rings is 2. The van der Waals surface area contributed by atoms with Gasteiger partial charge in [-0.15, -0.1) is 0 Å². The van der Waals surface area contributed by atoms with Crippen LogP contribution in [0.25, 0.3) is 21.5 Å². The van der Waals surface area contributed by atoms with Crippen LogP contribution in [0.4, 0.5) is 34.1 Å². The van der Waals surface area contributed by atoms with E-state index in [4.69, 9.17) is 55.6 Å². The molecule has 0 spiro atoms. The number of hydrogen-bond acceptors (Lipinski definition) is 14. The van der Waals surface area contributed by atoms with Gasteiger partial charge >= 0.3 is 0 Å². The van der Waals surface area contributed by atoms with E-state index in [2.05, 4.69) is 100 Å². The third-order valence-corrected chi connectivity index (χ3v) is 14.7. The first-order valence-corrected chi connectivity index (χ1v) is 27.2. The Morgan fingerprint density at radius 1 is 0.625 bits per heavy atom. The highest BCUT2D eigenvalue weighted by atomic mass is 35.5. The molecular weight excluding hydrogens is 1090 g/mol. The summed E-state index contributed by atoms with van der Waals surface area (Å²) in [4.78, 5) is 55.5. The van der Waals surface area contributed by atoms with Crippen molar-refractivity contribution >= 4 is 137 Å². The van der Waals surface area contributed by atoms with Crippen molar-refractivity contribution in [1.82, 2.24) is 15.3 Å². The number of amides is 2. The number of fused-ring (bicyclic) bond motifs is 4. The van der Waals surface area contributed by atoms with Gasteiger partial charge in [0.25, 0.3) is 11.8 Å². The van der Waals surface area contributed by atoms with E-state index >= 15 is 0 Å². The van der Waals surface area contributed by atoms with Crippen LogP contribution in [0, 0.1) is 0 Å². The van der Waals surface area contributed by atoms with Crippen LogP contribution in [0.5, 0.6) is 0 Å². The van der Waals surface area contributed by atoms with E-state index < -0.39 is 12.3 Å². The minimum atomic E-state index is -0.973. The van der Waals surface area contributed by atoms with Crippen LogP contribution in [0.15, 0.2) is 173 Å². The number of morpholine rings is 2. The fourth-order valence-electron chi connectivity index (χ4n) is 9.91. The first-order valence-electron chi connectivity index (χ1n) is 25.7. The van der Waals surface area contributed by atoms with Gasteiger partial charge in [0.15, 0.2) is 5.11 Å². The molecule has 6 aromatic carbocycles. The van der Waals surface area contributed by atoms with Gasteiger partial charge in [0.05, 0.1) is 54.4 Å². The summed E-state index contributed by atoms with van der Waals surface area (Å²) in [6, 6.07) is 42.8. The second-order valence-corrected chi connectivity index (χ2v) is 20.2. The third-order valence-electron chi connectivity index (χ3n) is 13.9. The van der Waals surface area contributed by atoms with Crippen LogP contribution in [-0.2, 0) is 19.1 Å². The number of carbonyl (C=O) groups excluding carboxylic acids is 2. The molecule has 2 amide bonds. The molecule has 0 aliphatic carbocycles. The van der Waals surface area contributed by atoms with Gasteiger partial charge in [-0.25, -0.2) is 9.98 Å². The first-order chi connectivity index (χ1) is 39.0. The number of nitrogen functional groups attached to an aromatic ring is 1. The van der Waals surface area contributed by atoms with E-state index in [0.29, 0.717) is 46.1 Å². The Balaban J connectivity index is 0.000000151. The number of thiocarbonyl (C=S) groups is 2. The number of carbonyl (C=O) groups is 2. The molecule has 4 N–H and O–H groups in total. The van der Waals surface area contributed by atoms with E-state index in [1.54, 1.807) is 74.1 Å². The van der Waals surface area contributed by atoms with Gasteiger partial charge in [-0.05, 0) is 109 Å². The number of anilines is 6. The zero-order valence-corrected chi connectivity index (χ0v) is 46.8. The highest BCUT2D eigenvalue weighted by Gasteiger charge is 2.32. The van der Waals surface area contributed by atoms with Crippen molar-refractivity contribution in [1.29, 1.82) is 0 Å². The van der Waals surface area contributed by atoms with E-state index in [1.807, 2.05) is 60.7 Å². The molecule has 2 aromatic heterocycles. The standard InChI is InChI=1S/C30H27ClN6O2S.C16H11ClN4OS.C14H16N2O/c1-36-25-10-8-20(31)17-23(25)27(19-5-4-12-32-18-19)34-28(29(36)38)35-30(40)33-24-9-11-26(37-13-15-39-16-14-37)22-7-3-2-6-21(22)24;1-21-13-5-4-11(17)7-12(13)14(10-3-2-6-18-8-10)20-15(16(21)22)19-9-23;15-13-5-6-14(16-7-9-17-10-8-16)12-4-2-1-3-11(12)13/h2-12,17-18,28H,13-16H2,1H3,(H2,33,35,40);2-8,15H,1H3;1-6H,7-10,15H2. The number of pyridine rings is 2. The number of aromatic nitrogens is 2. The molecule has 2 saturated heterocycles. The number of nitrogens with two attached hydrogens (primary N) is 1. The number of likely N-dealkylation sites (N-methyl/N-ethyl adjacent to an activating group) is 2. The fraction of sp³-hybridized carbons (Fsp3) is 0.200. The van der Waals surface area contributed by atoms with Gasteiger partial charge in [0.1, 0.15) is 0 Å². The van der Waals surface area contributed by atoms with Crippen molar-refractivity contribution in [3.05, 3.63) is 191 Å². The number of nitrogens with one attached hydrogen (secondary N) is 2. The molecule has 2 atom stereocenters. The molecule has 8 aromatic rings. The number of isothiocyanates is 1. The smallest absolute Gasteiger partial charge is 0.274 e. The van der Waals surface area contributed by atoms with Crippen LogP contribution in [0.2, 0.25) is 10.0 Å². The summed E-state index contributed by atoms with van der Waals surface area (Å²) >= 11 is 22.8. The number of benzene rings is 6. The van der Waals surface area contributed by atoms with Gasteiger partial charge in [-0.3, -0.25) is 19.6 Å². The number of ether oxygens (including phenoxy) is 2. The van der Waals surface area contributed by atoms with Crippen LogP contribution >= 0.6 is 47.6 Å². The molecule has 0 radical (unpaired) electrons. The van der Waals surface area contributed by atoms with E-state index in [-0.39, 0.29) is 16.9 Å². The highest BCUT2D eigenvalue weighted by molar-refractivity contribution is 7.80. The van der Waals surface area contributed by atoms with Crippen molar-refractivity contribution in [2.24, 2.45) is 15.0 Å². The highest BCUT2D eigenvalue weighted by Crippen LogP contribution is 2.35. The van der Waals surface area contributed by atoms with Crippen molar-refractivity contribution in [2.45, 2.75) is 12.3 Å². The van der Waals surface area contributed by atoms with Crippen molar-refractivity contribution in [2.75, 3.05) is 97.4 Å². The molecule has 20 heteroatoms. The summed E-state index contributed by atoms with van der Waals surface area (Å²) in [5.74, 6) is -0.538. The zero-order valence-electron chi connectivity index (χ0n) is 43.6. The summed E-state index contributed by atoms with van der Waals surface area (Å²) in [5.41, 5.74) is 15.7. The lowest BCUT2D eigenvalue weighted by atomic mass is 10.0. The fourth-order valence-corrected chi connectivity index (χ4v) is 10.6. The maximum atomic E-state index is 13.6. The van der Waals surface area contributed by atoms with Crippen molar-refractivity contribution in [3.8, 4) is 0 Å². The number of hydrogen-bond donors (Lipinski definition) is 3. The number of nitrogens with zero attached hydrogens (tertiary/aromatic N) is 9. The molecule has 0 bridgehead atoms. The molecule has 2 unspecified atom stereocenters. The Morgan fingerprint density at radius 3 is 1.65 bits per heavy atom. The minimum absolute atomic E-state index is 0.251. The number of halogens is 2. The third kappa shape index (κ3) is 12.2. The number of rotatable bonds is 7. The molecule has 2 fully saturated rings. The molecular formula is C60H54Cl2N12O4S2. The average Bonchev–Trinajstić information content (AvgIpc) is 3.72. The van der Waals surface area contributed by atoms with Crippen LogP contribution in [-0.4, -0.2) is 123 Å². The van der Waals surface area contributed by atoms with Gasteiger partial charge in [-0.2, -0.15) is 4.99 Å². The summed E-state index contributed by atoms with van der Waals surface area (Å²) in [5, 5.41) is 14.6. The van der Waals surface area contributed by atoms with Crippen LogP contribution in [0.1, 0.15) is 22.3 Å². The molecule has 404 valence electrons. The Labute approximate surface area is 483 Å². The summed E-state index contributed by atoms with van der Waals surface area (Å²) in [6.45, 7) is 6.63. The SMILES string of the molecule is CN1C(=O)C(N=C=S)N=C(c2cccnc2)c2cc(Cl)ccc21.CN1C(=O)C(NC(=S)Nc2ccc(N3CCOCC3)c3ccccc23)N=C(c2cccnc2)c2cc(Cl)ccc21.Nc1ccc(N2CCOCC2)c2ccccc12. The maximum absolute atomic E-state index is 13.6. The Kier molecular flexibility index (Phi) is 17.4. The largest absolute Gasteiger partial charge is 0.398 e. The normalized spacial score (nSPS) is 16.9. The average molecular weight is 1140 g/mol. The molecule has 0 saturated carbocycles. The van der Waals surface area contributed by atoms with Crippen molar-refractivity contribution < 1.29 is 19.1 Å². The first kappa shape index (κ1) is 55.1. The predicted molar refractivity (Wildman–Crippen MR) is 330 cm³/mol. The molecule has 16 nitrogen and oxygen atoms in total. The summed E-state index contributed by atoms with van der Waals surface area (Å²) in [6.07, 6.45) is 4.82. The van der Waals surface area contributed by atoms with Gasteiger partial charge in [0, 0.05) is 142 Å². The second kappa shape index (κ2) is 25.3. The predicted octanol–water partition coefficient (Wildman–Crippen LogP) is 10.1. The lowest BCUT2D eigenvalue weighted by Crippen LogP contribution is -2.47. The lowest BCUT2D eigenvalue weighted by Gasteiger charge is -2.30. The Morgan fingerprint density at radius 2 is 1.11 bits per heavy atom. The Hall–Kier alpha value is -8.19. The molecule has 12 rings (SSSR count). The van der Waals surface area contributed by atoms with Gasteiger partial charge in [-0.1, -0.05) is 71.7 Å². The summed E-state index contributed by atoms with van der Waals surface area (Å²) < 4.78 is 10.9. The minimum Gasteiger partial charge on any atom is -0.398 e. The summed E-state index contributed by atoms with van der Waals surface area (Å²) in [7, 11) is 3.39. The van der Waals surface area contributed by atoms with E-state index in [1.165, 1.54) is 16.0 Å².